The van der Waals surface area contributed by atoms with Crippen molar-refractivity contribution >= 4 is 58.6 Å². The van der Waals surface area contributed by atoms with E-state index in [1.807, 2.05) is 4.90 Å². The average molecular weight is 590 g/mol. The van der Waals surface area contributed by atoms with Crippen LogP contribution in [0.1, 0.15) is 28.8 Å². The first-order valence-electron chi connectivity index (χ1n) is 12.1. The predicted molar refractivity (Wildman–Crippen MR) is 146 cm³/mol. The first-order valence-corrected chi connectivity index (χ1v) is 12.9. The van der Waals surface area contributed by atoms with Crippen molar-refractivity contribution in [2.75, 3.05) is 35.7 Å². The second-order valence-electron chi connectivity index (χ2n) is 8.94. The van der Waals surface area contributed by atoms with Crippen LogP contribution in [0.5, 0.6) is 6.01 Å². The lowest BCUT2D eigenvalue weighted by atomic mass is 9.97. The average Bonchev–Trinajstić information content (AvgIpc) is 2.93. The number of anilines is 3. The Morgan fingerprint density at radius 2 is 1.68 bits per heavy atom. The Kier molecular flexibility index (Phi) is 9.17. The van der Waals surface area contributed by atoms with Crippen LogP contribution in [0.25, 0.3) is 0 Å². The van der Waals surface area contributed by atoms with Crippen LogP contribution in [-0.4, -0.2) is 74.2 Å². The van der Waals surface area contributed by atoms with E-state index in [1.54, 1.807) is 24.3 Å². The Labute approximate surface area is 238 Å². The summed E-state index contributed by atoms with van der Waals surface area (Å²) in [7, 11) is 1.38. The number of carboxylic acid groups (broad SMARTS) is 2. The van der Waals surface area contributed by atoms with Crippen molar-refractivity contribution in [3.05, 3.63) is 57.8 Å². The maximum atomic E-state index is 12.5. The van der Waals surface area contributed by atoms with Crippen LogP contribution < -0.4 is 20.3 Å². The molecule has 0 saturated carbocycles. The number of piperidine rings is 1. The molecule has 4 rings (SSSR count). The van der Waals surface area contributed by atoms with E-state index in [0.717, 1.165) is 0 Å². The second-order valence-corrected chi connectivity index (χ2v) is 9.71. The minimum Gasteiger partial charge on any atom is -0.481 e. The number of benzene rings is 1. The van der Waals surface area contributed by atoms with Gasteiger partial charge in [-0.2, -0.15) is 15.0 Å². The van der Waals surface area contributed by atoms with Gasteiger partial charge in [0.2, 0.25) is 11.9 Å². The van der Waals surface area contributed by atoms with Crippen LogP contribution in [-0.2, 0) is 16.0 Å². The summed E-state index contributed by atoms with van der Waals surface area (Å²) in [5, 5.41) is 24.8. The predicted octanol–water partition coefficient (Wildman–Crippen LogP) is 3.24. The zero-order valence-electron chi connectivity index (χ0n) is 21.2. The molecule has 1 saturated heterocycles. The van der Waals surface area contributed by atoms with E-state index in [4.69, 9.17) is 27.9 Å². The van der Waals surface area contributed by atoms with Crippen LogP contribution >= 0.6 is 23.2 Å². The van der Waals surface area contributed by atoms with Gasteiger partial charge in [-0.05, 0) is 42.7 Å². The van der Waals surface area contributed by atoms with Gasteiger partial charge in [0.1, 0.15) is 16.3 Å². The molecule has 1 aliphatic rings. The smallest absolute Gasteiger partial charge is 0.326 e. The number of halogens is 2. The molecule has 3 heterocycles. The van der Waals surface area contributed by atoms with Gasteiger partial charge in [0.15, 0.2) is 0 Å². The van der Waals surface area contributed by atoms with Crippen LogP contribution in [0.4, 0.5) is 17.6 Å². The molecular weight excluding hydrogens is 565 g/mol. The van der Waals surface area contributed by atoms with Crippen LogP contribution in [0, 0.1) is 5.92 Å². The highest BCUT2D eigenvalue weighted by Crippen LogP contribution is 2.24. The molecule has 0 radical (unpaired) electrons. The molecule has 40 heavy (non-hydrogen) atoms. The molecule has 4 N–H and O–H groups in total. The normalized spacial score (nSPS) is 14.3. The number of aliphatic carboxylic acids is 2. The number of pyridine rings is 1. The third-order valence-electron chi connectivity index (χ3n) is 6.19. The lowest BCUT2D eigenvalue weighted by Crippen LogP contribution is -2.38. The Morgan fingerprint density at radius 1 is 1.02 bits per heavy atom. The molecule has 1 amide bonds. The molecule has 0 unspecified atom stereocenters. The monoisotopic (exact) mass is 589 g/mol. The summed E-state index contributed by atoms with van der Waals surface area (Å²) >= 11 is 11.7. The Morgan fingerprint density at radius 3 is 2.25 bits per heavy atom. The number of hydrogen-bond donors (Lipinski definition) is 4. The summed E-state index contributed by atoms with van der Waals surface area (Å²) in [6, 6.07) is 8.33. The number of ether oxygens (including phenoxy) is 1. The largest absolute Gasteiger partial charge is 0.481 e. The molecule has 1 fully saturated rings. The molecule has 210 valence electrons. The van der Waals surface area contributed by atoms with Gasteiger partial charge in [-0.1, -0.05) is 35.3 Å². The van der Waals surface area contributed by atoms with Crippen molar-refractivity contribution in [3.8, 4) is 6.01 Å². The number of carboxylic acids is 2. The third-order valence-corrected chi connectivity index (χ3v) is 6.58. The summed E-state index contributed by atoms with van der Waals surface area (Å²) in [6.07, 6.45) is 0.946. The van der Waals surface area contributed by atoms with E-state index in [1.165, 1.54) is 19.2 Å². The molecule has 0 aliphatic carbocycles. The van der Waals surface area contributed by atoms with Gasteiger partial charge >= 0.3 is 17.9 Å². The lowest BCUT2D eigenvalue weighted by Gasteiger charge is -2.30. The SMILES string of the molecule is COc1nc(N[C@@H](Cc2ccc(NC(=O)c3cc(Cl)nc(Cl)c3)cc2)C(=O)O)nc(N2CCC(C(=O)O)CC2)n1. The van der Waals surface area contributed by atoms with Gasteiger partial charge in [-0.15, -0.1) is 0 Å². The molecule has 0 bridgehead atoms. The lowest BCUT2D eigenvalue weighted by molar-refractivity contribution is -0.142. The topological polar surface area (TPSA) is 180 Å². The number of nitrogens with one attached hydrogen (secondary N) is 2. The first-order chi connectivity index (χ1) is 19.1. The quantitative estimate of drug-likeness (QED) is 0.254. The standard InChI is InChI=1S/C25H25Cl2N7O6/c1-40-25-32-23(31-24(33-25)34-8-6-14(7-9-34)21(36)37)29-17(22(38)39)10-13-2-4-16(5-3-13)28-20(35)15-11-18(26)30-19(27)12-15/h2-5,11-12,14,17H,6-10H2,1H3,(H,28,35)(H,36,37)(H,38,39)(H,29,31,32,33)/t17-/m0/s1. The van der Waals surface area contributed by atoms with E-state index in [9.17, 15) is 24.6 Å². The molecule has 0 spiro atoms. The van der Waals surface area contributed by atoms with Crippen molar-refractivity contribution in [3.63, 3.8) is 0 Å². The number of carbonyl (C=O) groups excluding carboxylic acids is 1. The van der Waals surface area contributed by atoms with Gasteiger partial charge in [0.25, 0.3) is 5.91 Å². The number of carbonyl (C=O) groups is 3. The number of nitrogens with zero attached hydrogens (tertiary/aromatic N) is 5. The third kappa shape index (κ3) is 7.45. The number of aromatic nitrogens is 4. The van der Waals surface area contributed by atoms with Crippen LogP contribution in [0.15, 0.2) is 36.4 Å². The maximum Gasteiger partial charge on any atom is 0.326 e. The van der Waals surface area contributed by atoms with E-state index < -0.39 is 29.8 Å². The fourth-order valence-corrected chi connectivity index (χ4v) is 4.55. The van der Waals surface area contributed by atoms with Crippen LogP contribution in [0.2, 0.25) is 10.3 Å². The Balaban J connectivity index is 1.43. The molecule has 2 aromatic heterocycles. The van der Waals surface area contributed by atoms with E-state index >= 15 is 0 Å². The highest BCUT2D eigenvalue weighted by molar-refractivity contribution is 6.33. The van der Waals surface area contributed by atoms with E-state index in [-0.39, 0.29) is 40.2 Å². The molecule has 13 nitrogen and oxygen atoms in total. The van der Waals surface area contributed by atoms with Gasteiger partial charge < -0.3 is 30.5 Å². The molecule has 15 heteroatoms. The van der Waals surface area contributed by atoms with E-state index in [0.29, 0.717) is 37.2 Å². The van der Waals surface area contributed by atoms with Gasteiger partial charge in [-0.25, -0.2) is 9.78 Å². The molecule has 3 aromatic rings. The van der Waals surface area contributed by atoms with Gasteiger partial charge in [0, 0.05) is 30.8 Å². The summed E-state index contributed by atoms with van der Waals surface area (Å²) in [5.74, 6) is -2.56. The zero-order chi connectivity index (χ0) is 28.8. The summed E-state index contributed by atoms with van der Waals surface area (Å²) in [6.45, 7) is 0.853. The number of rotatable bonds is 10. The highest BCUT2D eigenvalue weighted by atomic mass is 35.5. The highest BCUT2D eigenvalue weighted by Gasteiger charge is 2.27. The van der Waals surface area contributed by atoms with Crippen molar-refractivity contribution in [2.24, 2.45) is 5.92 Å². The second kappa shape index (κ2) is 12.7. The van der Waals surface area contributed by atoms with Crippen molar-refractivity contribution in [2.45, 2.75) is 25.3 Å². The minimum absolute atomic E-state index is 0.00568. The molecule has 1 aromatic carbocycles. The Bertz CT molecular complexity index is 1380. The number of methoxy groups -OCH3 is 1. The Hall–Kier alpha value is -4.23. The summed E-state index contributed by atoms with van der Waals surface area (Å²) < 4.78 is 5.17. The van der Waals surface area contributed by atoms with Crippen LogP contribution in [0.3, 0.4) is 0 Å². The maximum absolute atomic E-state index is 12.5. The summed E-state index contributed by atoms with van der Waals surface area (Å²) in [4.78, 5) is 54.2. The number of amides is 1. The fraction of sp³-hybridized carbons (Fsp3) is 0.320. The summed E-state index contributed by atoms with van der Waals surface area (Å²) in [5.41, 5.74) is 1.39. The van der Waals surface area contributed by atoms with Gasteiger partial charge in [-0.3, -0.25) is 9.59 Å². The van der Waals surface area contributed by atoms with Gasteiger partial charge in [0.05, 0.1) is 13.0 Å². The number of hydrogen-bond acceptors (Lipinski definition) is 10. The van der Waals surface area contributed by atoms with Crippen molar-refractivity contribution in [1.29, 1.82) is 0 Å². The van der Waals surface area contributed by atoms with Crippen molar-refractivity contribution in [1.82, 2.24) is 19.9 Å². The molecule has 1 atom stereocenters. The molecule has 1 aliphatic heterocycles. The molecular formula is C25H25Cl2N7O6. The van der Waals surface area contributed by atoms with E-state index in [2.05, 4.69) is 30.6 Å². The first kappa shape index (κ1) is 28.8. The van der Waals surface area contributed by atoms with Crippen molar-refractivity contribution < 1.29 is 29.3 Å². The zero-order valence-corrected chi connectivity index (χ0v) is 22.7. The fourth-order valence-electron chi connectivity index (χ4n) is 4.08. The minimum atomic E-state index is -1.13.